The van der Waals surface area contributed by atoms with E-state index in [1.54, 1.807) is 23.1 Å². The predicted molar refractivity (Wildman–Crippen MR) is 109 cm³/mol. The second-order valence-corrected chi connectivity index (χ2v) is 6.96. The summed E-state index contributed by atoms with van der Waals surface area (Å²) in [5.74, 6) is 0.317. The monoisotopic (exact) mass is 416 g/mol. The maximum absolute atomic E-state index is 13.4. The Morgan fingerprint density at radius 2 is 1.60 bits per heavy atom. The molecule has 0 radical (unpaired) electrons. The van der Waals surface area contributed by atoms with Crippen molar-refractivity contribution < 1.29 is 28.2 Å². The predicted octanol–water partition coefficient (Wildman–Crippen LogP) is 2.89. The van der Waals surface area contributed by atoms with Crippen molar-refractivity contribution in [3.05, 3.63) is 53.3 Å². The minimum atomic E-state index is -0.437. The van der Waals surface area contributed by atoms with Crippen molar-refractivity contribution in [3.8, 4) is 17.2 Å². The van der Waals surface area contributed by atoms with Gasteiger partial charge in [0.15, 0.2) is 11.5 Å². The maximum atomic E-state index is 13.4. The van der Waals surface area contributed by atoms with Crippen LogP contribution in [0.1, 0.15) is 33.6 Å². The van der Waals surface area contributed by atoms with Gasteiger partial charge in [-0.2, -0.15) is 0 Å². The topological polar surface area (TPSA) is 77.1 Å². The zero-order chi connectivity index (χ0) is 21.7. The van der Waals surface area contributed by atoms with Gasteiger partial charge in [-0.1, -0.05) is 6.07 Å². The molecule has 2 amide bonds. The molecule has 1 fully saturated rings. The van der Waals surface area contributed by atoms with Gasteiger partial charge in [0.2, 0.25) is 5.75 Å². The average molecular weight is 416 g/mol. The van der Waals surface area contributed by atoms with Gasteiger partial charge < -0.3 is 24.4 Å². The number of nitrogens with one attached hydrogen (secondary N) is 1. The Labute approximate surface area is 174 Å². The summed E-state index contributed by atoms with van der Waals surface area (Å²) in [6.45, 7) is 0.963. The number of benzene rings is 2. The lowest BCUT2D eigenvalue weighted by Crippen LogP contribution is -2.46. The van der Waals surface area contributed by atoms with Crippen molar-refractivity contribution in [1.82, 2.24) is 10.2 Å². The number of amides is 2. The van der Waals surface area contributed by atoms with E-state index in [0.717, 1.165) is 0 Å². The number of carbonyl (C=O) groups excluding carboxylic acids is 2. The molecule has 1 aliphatic heterocycles. The molecule has 1 heterocycles. The normalized spacial score (nSPS) is 14.2. The first-order valence-corrected chi connectivity index (χ1v) is 9.62. The lowest BCUT2D eigenvalue weighted by molar-refractivity contribution is 0.0697. The molecule has 2 aromatic rings. The van der Waals surface area contributed by atoms with Gasteiger partial charge in [0, 0.05) is 30.3 Å². The van der Waals surface area contributed by atoms with Gasteiger partial charge in [-0.3, -0.25) is 9.59 Å². The first-order chi connectivity index (χ1) is 14.5. The van der Waals surface area contributed by atoms with Gasteiger partial charge >= 0.3 is 0 Å². The lowest BCUT2D eigenvalue weighted by Gasteiger charge is -2.32. The van der Waals surface area contributed by atoms with E-state index < -0.39 is 5.82 Å². The SMILES string of the molecule is COc1cc(C(=O)NC2CCN(C(=O)c3cccc(F)c3)CC2)cc(OC)c1OC. The van der Waals surface area contributed by atoms with Crippen molar-refractivity contribution in [2.75, 3.05) is 34.4 Å². The number of hydrogen-bond donors (Lipinski definition) is 1. The molecule has 30 heavy (non-hydrogen) atoms. The largest absolute Gasteiger partial charge is 0.493 e. The van der Waals surface area contributed by atoms with E-state index in [1.165, 1.54) is 39.5 Å². The summed E-state index contributed by atoms with van der Waals surface area (Å²) in [4.78, 5) is 27.0. The average Bonchev–Trinajstić information content (AvgIpc) is 2.77. The number of methoxy groups -OCH3 is 3. The highest BCUT2D eigenvalue weighted by molar-refractivity contribution is 5.96. The van der Waals surface area contributed by atoms with E-state index in [-0.39, 0.29) is 17.9 Å². The molecule has 7 nitrogen and oxygen atoms in total. The Bertz CT molecular complexity index is 900. The van der Waals surface area contributed by atoms with Crippen LogP contribution in [-0.2, 0) is 0 Å². The third-order valence-corrected chi connectivity index (χ3v) is 5.12. The van der Waals surface area contributed by atoms with E-state index in [2.05, 4.69) is 5.32 Å². The second-order valence-electron chi connectivity index (χ2n) is 6.96. The van der Waals surface area contributed by atoms with E-state index in [4.69, 9.17) is 14.2 Å². The summed E-state index contributed by atoms with van der Waals surface area (Å²) in [6.07, 6.45) is 1.22. The molecule has 0 aromatic heterocycles. The molecule has 0 spiro atoms. The van der Waals surface area contributed by atoms with E-state index in [0.29, 0.717) is 54.3 Å². The minimum absolute atomic E-state index is 0.0758. The number of nitrogens with zero attached hydrogens (tertiary/aromatic N) is 1. The van der Waals surface area contributed by atoms with Gasteiger partial charge in [0.05, 0.1) is 21.3 Å². The van der Waals surface area contributed by atoms with Gasteiger partial charge in [-0.15, -0.1) is 0 Å². The van der Waals surface area contributed by atoms with Crippen LogP contribution in [0.2, 0.25) is 0 Å². The Morgan fingerprint density at radius 3 is 2.13 bits per heavy atom. The number of ether oxygens (including phenoxy) is 3. The Kier molecular flexibility index (Phi) is 6.76. The Balaban J connectivity index is 1.62. The Morgan fingerprint density at radius 1 is 0.967 bits per heavy atom. The molecule has 3 rings (SSSR count). The molecule has 1 aliphatic rings. The second kappa shape index (κ2) is 9.47. The molecular formula is C22H25FN2O5. The highest BCUT2D eigenvalue weighted by Crippen LogP contribution is 2.38. The van der Waals surface area contributed by atoms with Crippen LogP contribution in [0.4, 0.5) is 4.39 Å². The Hall–Kier alpha value is -3.29. The summed E-state index contributed by atoms with van der Waals surface area (Å²) in [6, 6.07) is 8.78. The van der Waals surface area contributed by atoms with E-state index in [1.807, 2.05) is 0 Å². The number of hydrogen-bond acceptors (Lipinski definition) is 5. The molecule has 0 unspecified atom stereocenters. The van der Waals surface area contributed by atoms with Crippen LogP contribution >= 0.6 is 0 Å². The third-order valence-electron chi connectivity index (χ3n) is 5.12. The minimum Gasteiger partial charge on any atom is -0.493 e. The van der Waals surface area contributed by atoms with E-state index >= 15 is 0 Å². The smallest absolute Gasteiger partial charge is 0.253 e. The number of likely N-dealkylation sites (tertiary alicyclic amines) is 1. The zero-order valence-electron chi connectivity index (χ0n) is 17.2. The first-order valence-electron chi connectivity index (χ1n) is 9.62. The van der Waals surface area contributed by atoms with Gasteiger partial charge in [-0.05, 0) is 43.2 Å². The van der Waals surface area contributed by atoms with Crippen LogP contribution in [0.25, 0.3) is 0 Å². The molecule has 0 aliphatic carbocycles. The van der Waals surface area contributed by atoms with Crippen molar-refractivity contribution in [1.29, 1.82) is 0 Å². The highest BCUT2D eigenvalue weighted by atomic mass is 19.1. The standard InChI is InChI=1S/C22H25FN2O5/c1-28-18-12-15(13-19(29-2)20(18)30-3)21(26)24-17-7-9-25(10-8-17)22(27)14-5-4-6-16(23)11-14/h4-6,11-13,17H,7-10H2,1-3H3,(H,24,26). The molecule has 160 valence electrons. The summed E-state index contributed by atoms with van der Waals surface area (Å²) in [5, 5.41) is 2.99. The molecular weight excluding hydrogens is 391 g/mol. The summed E-state index contributed by atoms with van der Waals surface area (Å²) in [7, 11) is 4.48. The van der Waals surface area contributed by atoms with Crippen LogP contribution < -0.4 is 19.5 Å². The van der Waals surface area contributed by atoms with Crippen LogP contribution in [0.3, 0.4) is 0 Å². The van der Waals surface area contributed by atoms with Crippen LogP contribution in [0.15, 0.2) is 36.4 Å². The number of rotatable bonds is 6. The lowest BCUT2D eigenvalue weighted by atomic mass is 10.0. The molecule has 0 saturated carbocycles. The first kappa shape index (κ1) is 21.4. The van der Waals surface area contributed by atoms with Crippen molar-refractivity contribution in [3.63, 3.8) is 0 Å². The molecule has 8 heteroatoms. The highest BCUT2D eigenvalue weighted by Gasteiger charge is 2.26. The molecule has 2 aromatic carbocycles. The number of carbonyl (C=O) groups is 2. The van der Waals surface area contributed by atoms with Crippen molar-refractivity contribution in [2.45, 2.75) is 18.9 Å². The van der Waals surface area contributed by atoms with Crippen LogP contribution in [-0.4, -0.2) is 57.2 Å². The fraction of sp³-hybridized carbons (Fsp3) is 0.364. The van der Waals surface area contributed by atoms with Crippen molar-refractivity contribution >= 4 is 11.8 Å². The van der Waals surface area contributed by atoms with Crippen LogP contribution in [0.5, 0.6) is 17.2 Å². The third kappa shape index (κ3) is 4.64. The molecule has 1 saturated heterocycles. The summed E-state index contributed by atoms with van der Waals surface area (Å²) < 4.78 is 29.2. The zero-order valence-corrected chi connectivity index (χ0v) is 17.2. The quantitative estimate of drug-likeness (QED) is 0.784. The molecule has 1 N–H and O–H groups in total. The maximum Gasteiger partial charge on any atom is 0.253 e. The molecule has 0 bridgehead atoms. The van der Waals surface area contributed by atoms with Crippen LogP contribution in [0, 0.1) is 5.82 Å². The van der Waals surface area contributed by atoms with Gasteiger partial charge in [0.25, 0.3) is 11.8 Å². The van der Waals surface area contributed by atoms with Gasteiger partial charge in [-0.25, -0.2) is 4.39 Å². The summed E-state index contributed by atoms with van der Waals surface area (Å²) in [5.41, 5.74) is 0.720. The summed E-state index contributed by atoms with van der Waals surface area (Å²) >= 11 is 0. The number of halogens is 1. The fourth-order valence-corrected chi connectivity index (χ4v) is 3.51. The van der Waals surface area contributed by atoms with Gasteiger partial charge in [0.1, 0.15) is 5.82 Å². The van der Waals surface area contributed by atoms with E-state index in [9.17, 15) is 14.0 Å². The number of piperidine rings is 1. The molecule has 0 atom stereocenters. The van der Waals surface area contributed by atoms with Crippen molar-refractivity contribution in [2.24, 2.45) is 0 Å². The fourth-order valence-electron chi connectivity index (χ4n) is 3.51.